The molecule has 0 aromatic heterocycles. The molecule has 1 saturated heterocycles. The van der Waals surface area contributed by atoms with Crippen LogP contribution in [0.2, 0.25) is 0 Å². The number of amides is 1. The van der Waals surface area contributed by atoms with E-state index in [9.17, 15) is 9.18 Å². The van der Waals surface area contributed by atoms with Crippen LogP contribution >= 0.6 is 24.0 Å². The first-order valence-corrected chi connectivity index (χ1v) is 9.25. The fourth-order valence-electron chi connectivity index (χ4n) is 3.12. The number of halogens is 2. The molecule has 1 amide bonds. The fourth-order valence-corrected chi connectivity index (χ4v) is 3.12. The maximum Gasteiger partial charge on any atom is 0.409 e. The molecule has 0 spiro atoms. The van der Waals surface area contributed by atoms with Crippen LogP contribution in [0.3, 0.4) is 0 Å². The Bertz CT molecular complexity index is 634. The smallest absolute Gasteiger partial charge is 0.409 e. The van der Waals surface area contributed by atoms with Gasteiger partial charge in [0.1, 0.15) is 5.82 Å². The highest BCUT2D eigenvalue weighted by Crippen LogP contribution is 2.18. The fraction of sp³-hybridized carbons (Fsp3) is 0.579. The highest BCUT2D eigenvalue weighted by atomic mass is 127. The molecule has 7 nitrogen and oxygen atoms in total. The molecule has 158 valence electrons. The summed E-state index contributed by atoms with van der Waals surface area (Å²) in [5.74, 6) is 0.562. The number of carbonyl (C=O) groups is 1. The third-order valence-electron chi connectivity index (χ3n) is 4.65. The van der Waals surface area contributed by atoms with E-state index in [4.69, 9.17) is 4.74 Å². The maximum atomic E-state index is 13.2. The number of guanidine groups is 1. The number of ether oxygens (including phenoxy) is 1. The number of aliphatic imine (C=N–C) groups is 1. The molecule has 0 bridgehead atoms. The van der Waals surface area contributed by atoms with Crippen LogP contribution in [0.4, 0.5) is 9.18 Å². The van der Waals surface area contributed by atoms with Gasteiger partial charge in [-0.15, -0.1) is 24.0 Å². The lowest BCUT2D eigenvalue weighted by Crippen LogP contribution is -2.54. The van der Waals surface area contributed by atoms with E-state index in [1.165, 1.54) is 12.1 Å². The minimum absolute atomic E-state index is 0. The van der Waals surface area contributed by atoms with E-state index in [-0.39, 0.29) is 41.9 Å². The normalized spacial score (nSPS) is 15.9. The van der Waals surface area contributed by atoms with Crippen molar-refractivity contribution in [3.8, 4) is 0 Å². The number of carbonyl (C=O) groups excluding carboxylic acids is 1. The molecular formula is C19H31FIN5O2. The Balaban J connectivity index is 0.00000392. The molecule has 1 fully saturated rings. The zero-order valence-corrected chi connectivity index (χ0v) is 19.4. The van der Waals surface area contributed by atoms with E-state index in [1.807, 2.05) is 33.2 Å². The van der Waals surface area contributed by atoms with E-state index in [0.717, 1.165) is 11.5 Å². The Morgan fingerprint density at radius 3 is 2.29 bits per heavy atom. The Kier molecular flexibility index (Phi) is 10.5. The molecule has 1 aromatic carbocycles. The lowest BCUT2D eigenvalue weighted by molar-refractivity contribution is 0.0914. The van der Waals surface area contributed by atoms with Crippen molar-refractivity contribution in [2.75, 3.05) is 60.5 Å². The van der Waals surface area contributed by atoms with E-state index in [0.29, 0.717) is 39.3 Å². The van der Waals surface area contributed by atoms with Gasteiger partial charge < -0.3 is 24.8 Å². The summed E-state index contributed by atoms with van der Waals surface area (Å²) in [6.07, 6.45) is -0.260. The number of nitrogens with one attached hydrogen (secondary N) is 1. The summed E-state index contributed by atoms with van der Waals surface area (Å²) in [7, 11) is 5.75. The molecule has 1 N–H and O–H groups in total. The standard InChI is InChI=1S/C19H30FN5O2.HI/c1-5-27-19(26)25-12-10-24(11-13-25)18(21-2)22-14-17(23(3)4)15-6-8-16(20)9-7-15;/h6-9,17H,5,10-14H2,1-4H3,(H,21,22);1H. The topological polar surface area (TPSA) is 60.4 Å². The van der Waals surface area contributed by atoms with Gasteiger partial charge in [0, 0.05) is 39.8 Å². The molecule has 28 heavy (non-hydrogen) atoms. The molecule has 9 heteroatoms. The predicted octanol–water partition coefficient (Wildman–Crippen LogP) is 2.40. The summed E-state index contributed by atoms with van der Waals surface area (Å²) < 4.78 is 18.3. The molecule has 0 saturated carbocycles. The van der Waals surface area contributed by atoms with Crippen molar-refractivity contribution < 1.29 is 13.9 Å². The molecule has 2 rings (SSSR count). The van der Waals surface area contributed by atoms with Gasteiger partial charge in [-0.1, -0.05) is 12.1 Å². The lowest BCUT2D eigenvalue weighted by Gasteiger charge is -2.36. The second kappa shape index (κ2) is 12.1. The summed E-state index contributed by atoms with van der Waals surface area (Å²) in [6.45, 7) is 5.44. The van der Waals surface area contributed by atoms with Crippen LogP contribution in [0, 0.1) is 5.82 Å². The first kappa shape index (κ1) is 24.4. The summed E-state index contributed by atoms with van der Waals surface area (Å²) >= 11 is 0. The van der Waals surface area contributed by atoms with Gasteiger partial charge >= 0.3 is 6.09 Å². The number of piperazine rings is 1. The van der Waals surface area contributed by atoms with Gasteiger partial charge in [0.15, 0.2) is 5.96 Å². The molecule has 1 unspecified atom stereocenters. The van der Waals surface area contributed by atoms with Crippen LogP contribution in [0.1, 0.15) is 18.5 Å². The second-order valence-electron chi connectivity index (χ2n) is 6.63. The van der Waals surface area contributed by atoms with Crippen molar-refractivity contribution in [2.24, 2.45) is 4.99 Å². The average Bonchev–Trinajstić information content (AvgIpc) is 2.66. The molecule has 1 aromatic rings. The minimum Gasteiger partial charge on any atom is -0.450 e. The zero-order chi connectivity index (χ0) is 19.8. The second-order valence-corrected chi connectivity index (χ2v) is 6.63. The van der Waals surface area contributed by atoms with E-state index < -0.39 is 0 Å². The van der Waals surface area contributed by atoms with Gasteiger partial charge in [0.05, 0.1) is 12.6 Å². The van der Waals surface area contributed by atoms with Gasteiger partial charge in [0.25, 0.3) is 0 Å². The summed E-state index contributed by atoms with van der Waals surface area (Å²) in [6, 6.07) is 6.67. The number of benzene rings is 1. The van der Waals surface area contributed by atoms with Crippen LogP contribution in [0.25, 0.3) is 0 Å². The Morgan fingerprint density at radius 1 is 1.21 bits per heavy atom. The average molecular weight is 507 g/mol. The first-order valence-electron chi connectivity index (χ1n) is 9.25. The van der Waals surface area contributed by atoms with Crippen LogP contribution in [-0.4, -0.2) is 87.2 Å². The number of hydrogen-bond acceptors (Lipinski definition) is 4. The Labute approximate surface area is 183 Å². The SMILES string of the molecule is CCOC(=O)N1CCN(C(=NC)NCC(c2ccc(F)cc2)N(C)C)CC1.I. The minimum atomic E-state index is -0.260. The number of nitrogens with zero attached hydrogens (tertiary/aromatic N) is 4. The molecule has 1 aliphatic heterocycles. The Morgan fingerprint density at radius 2 is 1.79 bits per heavy atom. The molecule has 1 aliphatic rings. The van der Waals surface area contributed by atoms with Gasteiger partial charge in [-0.3, -0.25) is 4.99 Å². The quantitative estimate of drug-likeness (QED) is 0.377. The van der Waals surface area contributed by atoms with Gasteiger partial charge in [-0.05, 0) is 38.7 Å². The highest BCUT2D eigenvalue weighted by molar-refractivity contribution is 14.0. The van der Waals surface area contributed by atoms with Crippen molar-refractivity contribution in [3.63, 3.8) is 0 Å². The molecule has 0 radical (unpaired) electrons. The molecular weight excluding hydrogens is 476 g/mol. The van der Waals surface area contributed by atoms with Crippen molar-refractivity contribution in [1.29, 1.82) is 0 Å². The van der Waals surface area contributed by atoms with Crippen molar-refractivity contribution in [3.05, 3.63) is 35.6 Å². The van der Waals surface area contributed by atoms with Crippen LogP contribution in [0.5, 0.6) is 0 Å². The number of likely N-dealkylation sites (N-methyl/N-ethyl adjacent to an activating group) is 1. The van der Waals surface area contributed by atoms with E-state index in [1.54, 1.807) is 11.9 Å². The van der Waals surface area contributed by atoms with Crippen LogP contribution in [-0.2, 0) is 4.74 Å². The third kappa shape index (κ3) is 6.77. The number of rotatable bonds is 5. The van der Waals surface area contributed by atoms with Crippen LogP contribution < -0.4 is 5.32 Å². The molecule has 1 heterocycles. The van der Waals surface area contributed by atoms with Gasteiger partial charge in [0.2, 0.25) is 0 Å². The largest absolute Gasteiger partial charge is 0.450 e. The number of hydrogen-bond donors (Lipinski definition) is 1. The summed E-state index contributed by atoms with van der Waals surface area (Å²) in [5.41, 5.74) is 1.04. The highest BCUT2D eigenvalue weighted by Gasteiger charge is 2.24. The monoisotopic (exact) mass is 507 g/mol. The predicted molar refractivity (Wildman–Crippen MR) is 120 cm³/mol. The zero-order valence-electron chi connectivity index (χ0n) is 17.0. The summed E-state index contributed by atoms with van der Waals surface area (Å²) in [4.78, 5) is 22.1. The van der Waals surface area contributed by atoms with Crippen molar-refractivity contribution >= 4 is 36.0 Å². The maximum absolute atomic E-state index is 13.2. The molecule has 0 aliphatic carbocycles. The van der Waals surface area contributed by atoms with Crippen molar-refractivity contribution in [1.82, 2.24) is 20.0 Å². The first-order chi connectivity index (χ1) is 13.0. The van der Waals surface area contributed by atoms with Gasteiger partial charge in [-0.25, -0.2) is 9.18 Å². The van der Waals surface area contributed by atoms with Crippen molar-refractivity contribution in [2.45, 2.75) is 13.0 Å². The Hall–Kier alpha value is -1.62. The van der Waals surface area contributed by atoms with Gasteiger partial charge in [-0.2, -0.15) is 0 Å². The van der Waals surface area contributed by atoms with E-state index >= 15 is 0 Å². The third-order valence-corrected chi connectivity index (χ3v) is 4.65. The van der Waals surface area contributed by atoms with Crippen LogP contribution in [0.15, 0.2) is 29.3 Å². The lowest BCUT2D eigenvalue weighted by atomic mass is 10.1. The van der Waals surface area contributed by atoms with E-state index in [2.05, 4.69) is 20.1 Å². The summed E-state index contributed by atoms with van der Waals surface area (Å²) in [5, 5.41) is 3.41. The molecule has 1 atom stereocenters.